The monoisotopic (exact) mass is 319 g/mol. The Morgan fingerprint density at radius 2 is 2.04 bits per heavy atom. The molecule has 0 aliphatic carbocycles. The first kappa shape index (κ1) is 15.6. The van der Waals surface area contributed by atoms with Gasteiger partial charge < -0.3 is 4.90 Å². The van der Waals surface area contributed by atoms with Crippen LogP contribution in [-0.2, 0) is 6.54 Å². The van der Waals surface area contributed by atoms with Gasteiger partial charge in [-0.15, -0.1) is 0 Å². The van der Waals surface area contributed by atoms with Crippen LogP contribution >= 0.6 is 0 Å². The standard InChI is InChI=1S/C17H19F2N3O/c18-16(19)12-22-15(8-9-20-22)17(23)21-10-4-7-14(11-21)13-5-2-1-3-6-13/h1-3,5-6,8-9,14,16H,4,7,10-12H2. The summed E-state index contributed by atoms with van der Waals surface area (Å²) in [7, 11) is 0. The molecular formula is C17H19F2N3O. The summed E-state index contributed by atoms with van der Waals surface area (Å²) in [5.41, 5.74) is 1.45. The Kier molecular flexibility index (Phi) is 4.69. The van der Waals surface area contributed by atoms with E-state index in [2.05, 4.69) is 17.2 Å². The fourth-order valence-corrected chi connectivity index (χ4v) is 3.11. The molecule has 23 heavy (non-hydrogen) atoms. The normalized spacial score (nSPS) is 18.4. The number of aromatic nitrogens is 2. The van der Waals surface area contributed by atoms with E-state index in [1.54, 1.807) is 4.90 Å². The molecule has 2 heterocycles. The molecule has 1 amide bonds. The minimum atomic E-state index is -2.53. The van der Waals surface area contributed by atoms with E-state index in [9.17, 15) is 13.6 Å². The molecule has 1 aromatic heterocycles. The summed E-state index contributed by atoms with van der Waals surface area (Å²) in [5, 5.41) is 3.84. The number of halogens is 2. The minimum Gasteiger partial charge on any atom is -0.337 e. The van der Waals surface area contributed by atoms with Crippen LogP contribution in [0.25, 0.3) is 0 Å². The van der Waals surface area contributed by atoms with Gasteiger partial charge in [-0.2, -0.15) is 5.10 Å². The molecule has 1 aromatic carbocycles. The molecule has 1 unspecified atom stereocenters. The first-order valence-corrected chi connectivity index (χ1v) is 7.79. The van der Waals surface area contributed by atoms with E-state index in [0.717, 1.165) is 17.5 Å². The van der Waals surface area contributed by atoms with Crippen molar-refractivity contribution >= 4 is 5.91 Å². The molecule has 0 bridgehead atoms. The van der Waals surface area contributed by atoms with E-state index < -0.39 is 13.0 Å². The fourth-order valence-electron chi connectivity index (χ4n) is 3.11. The molecule has 3 rings (SSSR count). The Bertz CT molecular complexity index is 657. The fraction of sp³-hybridized carbons (Fsp3) is 0.412. The molecular weight excluding hydrogens is 300 g/mol. The highest BCUT2D eigenvalue weighted by molar-refractivity contribution is 5.92. The van der Waals surface area contributed by atoms with Gasteiger partial charge in [0.25, 0.3) is 12.3 Å². The van der Waals surface area contributed by atoms with E-state index >= 15 is 0 Å². The smallest absolute Gasteiger partial charge is 0.272 e. The van der Waals surface area contributed by atoms with Crippen LogP contribution in [0.1, 0.15) is 34.8 Å². The predicted octanol–water partition coefficient (Wildman–Crippen LogP) is 3.17. The van der Waals surface area contributed by atoms with Crippen LogP contribution in [0.4, 0.5) is 8.78 Å². The third-order valence-corrected chi connectivity index (χ3v) is 4.23. The molecule has 6 heteroatoms. The van der Waals surface area contributed by atoms with E-state index in [1.807, 2.05) is 18.2 Å². The van der Waals surface area contributed by atoms with Gasteiger partial charge in [0.1, 0.15) is 12.2 Å². The van der Waals surface area contributed by atoms with Crippen LogP contribution in [-0.4, -0.2) is 40.1 Å². The number of nitrogens with zero attached hydrogens (tertiary/aromatic N) is 3. The van der Waals surface area contributed by atoms with Gasteiger partial charge in [0, 0.05) is 25.2 Å². The number of hydrogen-bond donors (Lipinski definition) is 0. The minimum absolute atomic E-state index is 0.219. The summed E-state index contributed by atoms with van der Waals surface area (Å²) in [6.07, 6.45) is 0.812. The Labute approximate surface area is 133 Å². The summed E-state index contributed by atoms with van der Waals surface area (Å²) >= 11 is 0. The zero-order chi connectivity index (χ0) is 16.2. The largest absolute Gasteiger partial charge is 0.337 e. The van der Waals surface area contributed by atoms with E-state index in [1.165, 1.54) is 17.8 Å². The van der Waals surface area contributed by atoms with Crippen molar-refractivity contribution in [1.29, 1.82) is 0 Å². The van der Waals surface area contributed by atoms with Crippen LogP contribution in [0, 0.1) is 0 Å². The average molecular weight is 319 g/mol. The lowest BCUT2D eigenvalue weighted by Crippen LogP contribution is -2.40. The number of rotatable bonds is 4. The van der Waals surface area contributed by atoms with Crippen LogP contribution in [0.5, 0.6) is 0 Å². The summed E-state index contributed by atoms with van der Waals surface area (Å²) in [6.45, 7) is 0.717. The quantitative estimate of drug-likeness (QED) is 0.868. The van der Waals surface area contributed by atoms with Gasteiger partial charge in [0.2, 0.25) is 0 Å². The number of piperidine rings is 1. The third-order valence-electron chi connectivity index (χ3n) is 4.23. The number of amides is 1. The summed E-state index contributed by atoms with van der Waals surface area (Å²) < 4.78 is 26.3. The van der Waals surface area contributed by atoms with Gasteiger partial charge in [-0.05, 0) is 24.5 Å². The Hall–Kier alpha value is -2.24. The van der Waals surface area contributed by atoms with Crippen LogP contribution < -0.4 is 0 Å². The van der Waals surface area contributed by atoms with Crippen molar-refractivity contribution in [2.45, 2.75) is 31.7 Å². The number of carbonyl (C=O) groups is 1. The van der Waals surface area contributed by atoms with Crippen molar-refractivity contribution in [3.63, 3.8) is 0 Å². The average Bonchev–Trinajstić information content (AvgIpc) is 3.02. The second-order valence-corrected chi connectivity index (χ2v) is 5.79. The zero-order valence-electron chi connectivity index (χ0n) is 12.7. The van der Waals surface area contributed by atoms with Gasteiger partial charge >= 0.3 is 0 Å². The molecule has 1 saturated heterocycles. The molecule has 0 saturated carbocycles. The van der Waals surface area contributed by atoms with E-state index in [-0.39, 0.29) is 11.6 Å². The maximum Gasteiger partial charge on any atom is 0.272 e. The lowest BCUT2D eigenvalue weighted by Gasteiger charge is -2.33. The van der Waals surface area contributed by atoms with Gasteiger partial charge in [-0.1, -0.05) is 30.3 Å². The predicted molar refractivity (Wildman–Crippen MR) is 82.6 cm³/mol. The molecule has 1 aliphatic rings. The molecule has 1 atom stereocenters. The Balaban J connectivity index is 1.74. The molecule has 0 spiro atoms. The van der Waals surface area contributed by atoms with E-state index in [4.69, 9.17) is 0 Å². The maximum atomic E-state index is 12.7. The van der Waals surface area contributed by atoms with Crippen LogP contribution in [0.15, 0.2) is 42.6 Å². The summed E-state index contributed by atoms with van der Waals surface area (Å²) in [6, 6.07) is 11.6. The number of benzene rings is 1. The molecule has 2 aromatic rings. The van der Waals surface area contributed by atoms with E-state index in [0.29, 0.717) is 19.0 Å². The lowest BCUT2D eigenvalue weighted by molar-refractivity contribution is 0.0682. The van der Waals surface area contributed by atoms with Crippen LogP contribution in [0.2, 0.25) is 0 Å². The van der Waals surface area contributed by atoms with Crippen molar-refractivity contribution in [3.05, 3.63) is 53.9 Å². The van der Waals surface area contributed by atoms with Crippen molar-refractivity contribution in [2.24, 2.45) is 0 Å². The van der Waals surface area contributed by atoms with Crippen LogP contribution in [0.3, 0.4) is 0 Å². The summed E-state index contributed by atoms with van der Waals surface area (Å²) in [4.78, 5) is 14.4. The highest BCUT2D eigenvalue weighted by atomic mass is 19.3. The highest BCUT2D eigenvalue weighted by Gasteiger charge is 2.27. The lowest BCUT2D eigenvalue weighted by atomic mass is 9.90. The highest BCUT2D eigenvalue weighted by Crippen LogP contribution is 2.27. The van der Waals surface area contributed by atoms with Gasteiger partial charge in [-0.3, -0.25) is 9.48 Å². The molecule has 1 fully saturated rings. The third kappa shape index (κ3) is 3.57. The van der Waals surface area contributed by atoms with Crippen molar-refractivity contribution < 1.29 is 13.6 Å². The van der Waals surface area contributed by atoms with Crippen molar-refractivity contribution in [2.75, 3.05) is 13.1 Å². The number of alkyl halides is 2. The Morgan fingerprint density at radius 3 is 2.78 bits per heavy atom. The number of hydrogen-bond acceptors (Lipinski definition) is 2. The van der Waals surface area contributed by atoms with Crippen molar-refractivity contribution in [3.8, 4) is 0 Å². The molecule has 4 nitrogen and oxygen atoms in total. The van der Waals surface area contributed by atoms with Gasteiger partial charge in [0.15, 0.2) is 0 Å². The molecule has 1 aliphatic heterocycles. The Morgan fingerprint density at radius 1 is 1.26 bits per heavy atom. The molecule has 122 valence electrons. The number of likely N-dealkylation sites (tertiary alicyclic amines) is 1. The zero-order valence-corrected chi connectivity index (χ0v) is 12.7. The molecule has 0 N–H and O–H groups in total. The second kappa shape index (κ2) is 6.89. The molecule has 0 radical (unpaired) electrons. The van der Waals surface area contributed by atoms with Gasteiger partial charge in [0.05, 0.1) is 0 Å². The number of carbonyl (C=O) groups excluding carboxylic acids is 1. The maximum absolute atomic E-state index is 12.7. The van der Waals surface area contributed by atoms with Crippen molar-refractivity contribution in [1.82, 2.24) is 14.7 Å². The first-order chi connectivity index (χ1) is 11.1. The van der Waals surface area contributed by atoms with Gasteiger partial charge in [-0.25, -0.2) is 8.78 Å². The topological polar surface area (TPSA) is 38.1 Å². The summed E-state index contributed by atoms with van der Waals surface area (Å²) in [5.74, 6) is 0.0733. The SMILES string of the molecule is O=C(c1ccnn1CC(F)F)N1CCCC(c2ccccc2)C1. The first-order valence-electron chi connectivity index (χ1n) is 7.79. The second-order valence-electron chi connectivity index (χ2n) is 5.79.